The van der Waals surface area contributed by atoms with Crippen LogP contribution in [0.5, 0.6) is 0 Å². The topological polar surface area (TPSA) is 79.4 Å². The van der Waals surface area contributed by atoms with Gasteiger partial charge in [-0.2, -0.15) is 0 Å². The number of methoxy groups -OCH3 is 1. The number of rotatable bonds is 6. The zero-order valence-electron chi connectivity index (χ0n) is 13.2. The van der Waals surface area contributed by atoms with Crippen molar-refractivity contribution in [2.24, 2.45) is 0 Å². The van der Waals surface area contributed by atoms with Crippen molar-refractivity contribution >= 4 is 17.7 Å². The predicted octanol–water partition coefficient (Wildman–Crippen LogP) is 2.29. The van der Waals surface area contributed by atoms with Gasteiger partial charge >= 0.3 is 5.97 Å². The number of hydrogen-bond donors (Lipinski definition) is 0. The van der Waals surface area contributed by atoms with E-state index in [4.69, 9.17) is 9.15 Å². The number of ether oxygens (including phenoxy) is 2. The van der Waals surface area contributed by atoms with E-state index in [0.29, 0.717) is 11.7 Å². The Morgan fingerprint density at radius 2 is 2.39 bits per heavy atom. The Kier molecular flexibility index (Phi) is 5.02. The molecule has 1 saturated heterocycles. The van der Waals surface area contributed by atoms with E-state index in [0.717, 1.165) is 36.6 Å². The number of furan rings is 1. The lowest BCUT2D eigenvalue weighted by Gasteiger charge is -2.14. The normalized spacial score (nSPS) is 17.6. The first-order valence-corrected chi connectivity index (χ1v) is 8.46. The van der Waals surface area contributed by atoms with Gasteiger partial charge in [-0.05, 0) is 25.8 Å². The van der Waals surface area contributed by atoms with E-state index >= 15 is 0 Å². The summed E-state index contributed by atoms with van der Waals surface area (Å²) >= 11 is 1.32. The van der Waals surface area contributed by atoms with Crippen LogP contribution in [0.4, 0.5) is 0 Å². The maximum absolute atomic E-state index is 11.4. The number of carbonyl (C=O) groups is 1. The number of esters is 1. The molecule has 0 radical (unpaired) electrons. The highest BCUT2D eigenvalue weighted by Gasteiger charge is 2.23. The average Bonchev–Trinajstić information content (AvgIpc) is 3.27. The molecule has 0 unspecified atom stereocenters. The Morgan fingerprint density at radius 3 is 3.04 bits per heavy atom. The van der Waals surface area contributed by atoms with Gasteiger partial charge in [0.2, 0.25) is 0 Å². The fourth-order valence-corrected chi connectivity index (χ4v) is 3.33. The second-order valence-corrected chi connectivity index (χ2v) is 6.25. The molecular weight excluding hydrogens is 318 g/mol. The van der Waals surface area contributed by atoms with Gasteiger partial charge in [-0.1, -0.05) is 11.8 Å². The molecule has 0 spiro atoms. The SMILES string of the molecule is COC(=O)CSc1nnc(-c2ccoc2C)n1C[C@H]1CCCO1. The minimum Gasteiger partial charge on any atom is -0.469 e. The van der Waals surface area contributed by atoms with Crippen LogP contribution in [0.1, 0.15) is 18.6 Å². The van der Waals surface area contributed by atoms with Crippen LogP contribution in [0.15, 0.2) is 21.9 Å². The van der Waals surface area contributed by atoms with Crippen molar-refractivity contribution in [1.82, 2.24) is 14.8 Å². The van der Waals surface area contributed by atoms with Gasteiger partial charge in [0.1, 0.15) is 5.76 Å². The monoisotopic (exact) mass is 337 g/mol. The highest BCUT2D eigenvalue weighted by molar-refractivity contribution is 7.99. The van der Waals surface area contributed by atoms with Crippen molar-refractivity contribution in [3.05, 3.63) is 18.1 Å². The van der Waals surface area contributed by atoms with E-state index in [1.165, 1.54) is 18.9 Å². The van der Waals surface area contributed by atoms with E-state index < -0.39 is 0 Å². The summed E-state index contributed by atoms with van der Waals surface area (Å²) in [7, 11) is 1.38. The summed E-state index contributed by atoms with van der Waals surface area (Å²) < 4.78 is 17.8. The smallest absolute Gasteiger partial charge is 0.316 e. The largest absolute Gasteiger partial charge is 0.469 e. The molecule has 0 aromatic carbocycles. The fourth-order valence-electron chi connectivity index (χ4n) is 2.55. The van der Waals surface area contributed by atoms with Crippen molar-refractivity contribution in [2.75, 3.05) is 19.5 Å². The highest BCUT2D eigenvalue weighted by atomic mass is 32.2. The lowest BCUT2D eigenvalue weighted by molar-refractivity contribution is -0.137. The molecule has 2 aromatic rings. The minimum atomic E-state index is -0.289. The van der Waals surface area contributed by atoms with Gasteiger partial charge in [0, 0.05) is 6.61 Å². The summed E-state index contributed by atoms with van der Waals surface area (Å²) in [5.41, 5.74) is 0.903. The Bertz CT molecular complexity index is 676. The molecule has 23 heavy (non-hydrogen) atoms. The molecule has 7 nitrogen and oxygen atoms in total. The number of aryl methyl sites for hydroxylation is 1. The number of hydrogen-bond acceptors (Lipinski definition) is 7. The fraction of sp³-hybridized carbons (Fsp3) is 0.533. The molecular formula is C15H19N3O4S. The Balaban J connectivity index is 1.87. The molecule has 3 rings (SSSR count). The quantitative estimate of drug-likeness (QED) is 0.591. The van der Waals surface area contributed by atoms with Gasteiger partial charge in [-0.15, -0.1) is 10.2 Å². The molecule has 0 bridgehead atoms. The third-order valence-electron chi connectivity index (χ3n) is 3.77. The minimum absolute atomic E-state index is 0.148. The average molecular weight is 337 g/mol. The van der Waals surface area contributed by atoms with Crippen LogP contribution < -0.4 is 0 Å². The van der Waals surface area contributed by atoms with Gasteiger partial charge in [0.15, 0.2) is 11.0 Å². The maximum Gasteiger partial charge on any atom is 0.316 e. The summed E-state index contributed by atoms with van der Waals surface area (Å²) in [6, 6.07) is 1.88. The van der Waals surface area contributed by atoms with E-state index in [2.05, 4.69) is 14.9 Å². The Labute approximate surface area is 138 Å². The summed E-state index contributed by atoms with van der Waals surface area (Å²) in [6.45, 7) is 3.34. The van der Waals surface area contributed by atoms with Crippen LogP contribution in [-0.2, 0) is 20.8 Å². The predicted molar refractivity (Wildman–Crippen MR) is 84.2 cm³/mol. The molecule has 1 aliphatic heterocycles. The number of thioether (sulfide) groups is 1. The zero-order chi connectivity index (χ0) is 16.2. The Morgan fingerprint density at radius 1 is 1.52 bits per heavy atom. The first-order chi connectivity index (χ1) is 11.2. The summed E-state index contributed by atoms with van der Waals surface area (Å²) in [5.74, 6) is 1.43. The van der Waals surface area contributed by atoms with Crippen molar-refractivity contribution < 1.29 is 18.7 Å². The standard InChI is InChI=1S/C15H19N3O4S/c1-10-12(5-7-21-10)14-16-17-15(23-9-13(19)20-2)18(14)8-11-4-3-6-22-11/h5,7,11H,3-4,6,8-9H2,1-2H3/t11-/m1/s1. The molecule has 0 aliphatic carbocycles. The molecule has 1 fully saturated rings. The Hall–Kier alpha value is -1.80. The lowest BCUT2D eigenvalue weighted by atomic mass is 10.2. The van der Waals surface area contributed by atoms with E-state index in [1.807, 2.05) is 17.6 Å². The van der Waals surface area contributed by atoms with Crippen molar-refractivity contribution in [2.45, 2.75) is 37.6 Å². The van der Waals surface area contributed by atoms with Crippen LogP contribution in [0.3, 0.4) is 0 Å². The van der Waals surface area contributed by atoms with Gasteiger partial charge in [0.05, 0.1) is 37.3 Å². The molecule has 3 heterocycles. The molecule has 1 aliphatic rings. The second kappa shape index (κ2) is 7.18. The van der Waals surface area contributed by atoms with Crippen LogP contribution in [-0.4, -0.2) is 46.3 Å². The first kappa shape index (κ1) is 16.1. The van der Waals surface area contributed by atoms with Gasteiger partial charge in [-0.3, -0.25) is 9.36 Å². The molecule has 0 amide bonds. The van der Waals surface area contributed by atoms with E-state index in [-0.39, 0.29) is 17.8 Å². The number of aromatic nitrogens is 3. The summed E-state index contributed by atoms with van der Waals surface area (Å²) in [6.07, 6.45) is 3.87. The molecule has 8 heteroatoms. The van der Waals surface area contributed by atoms with Crippen LogP contribution in [0, 0.1) is 6.92 Å². The van der Waals surface area contributed by atoms with Crippen LogP contribution >= 0.6 is 11.8 Å². The van der Waals surface area contributed by atoms with Gasteiger partial charge in [0.25, 0.3) is 0 Å². The molecule has 0 N–H and O–H groups in total. The molecule has 124 valence electrons. The third kappa shape index (κ3) is 3.59. The maximum atomic E-state index is 11.4. The molecule has 1 atom stereocenters. The first-order valence-electron chi connectivity index (χ1n) is 7.48. The van der Waals surface area contributed by atoms with E-state index in [1.54, 1.807) is 6.26 Å². The zero-order valence-corrected chi connectivity index (χ0v) is 14.0. The lowest BCUT2D eigenvalue weighted by Crippen LogP contribution is -2.17. The second-order valence-electron chi connectivity index (χ2n) is 5.31. The highest BCUT2D eigenvalue weighted by Crippen LogP contribution is 2.28. The summed E-state index contributed by atoms with van der Waals surface area (Å²) in [5, 5.41) is 9.20. The van der Waals surface area contributed by atoms with Crippen molar-refractivity contribution in [3.63, 3.8) is 0 Å². The van der Waals surface area contributed by atoms with Crippen LogP contribution in [0.25, 0.3) is 11.4 Å². The van der Waals surface area contributed by atoms with Crippen molar-refractivity contribution in [3.8, 4) is 11.4 Å². The number of carbonyl (C=O) groups excluding carboxylic acids is 1. The van der Waals surface area contributed by atoms with Gasteiger partial charge < -0.3 is 13.9 Å². The third-order valence-corrected chi connectivity index (χ3v) is 4.71. The van der Waals surface area contributed by atoms with Crippen LogP contribution in [0.2, 0.25) is 0 Å². The van der Waals surface area contributed by atoms with E-state index in [9.17, 15) is 4.79 Å². The van der Waals surface area contributed by atoms with Crippen molar-refractivity contribution in [1.29, 1.82) is 0 Å². The molecule has 2 aromatic heterocycles. The molecule has 0 saturated carbocycles. The summed E-state index contributed by atoms with van der Waals surface area (Å²) in [4.78, 5) is 11.4. The number of nitrogens with zero attached hydrogens (tertiary/aromatic N) is 3. The van der Waals surface area contributed by atoms with Gasteiger partial charge in [-0.25, -0.2) is 0 Å².